The van der Waals surface area contributed by atoms with Crippen molar-refractivity contribution in [3.63, 3.8) is 0 Å². The molecule has 1 aliphatic heterocycles. The highest BCUT2D eigenvalue weighted by Gasteiger charge is 2.28. The van der Waals surface area contributed by atoms with Gasteiger partial charge < -0.3 is 15.2 Å². The summed E-state index contributed by atoms with van der Waals surface area (Å²) in [5.41, 5.74) is 7.79. The molecule has 0 aliphatic carbocycles. The van der Waals surface area contributed by atoms with E-state index >= 15 is 0 Å². The Labute approximate surface area is 153 Å². The molecular weight excluding hydrogens is 326 g/mol. The van der Waals surface area contributed by atoms with Gasteiger partial charge in [-0.2, -0.15) is 5.10 Å². The number of hydrogen-bond acceptors (Lipinski definition) is 4. The largest absolute Gasteiger partial charge is 0.504 e. The second-order valence-electron chi connectivity index (χ2n) is 6.83. The van der Waals surface area contributed by atoms with Crippen molar-refractivity contribution in [1.29, 1.82) is 0 Å². The fourth-order valence-electron chi connectivity index (χ4n) is 3.67. The Hall–Kier alpha value is -2.95. The highest BCUT2D eigenvalue weighted by Crippen LogP contribution is 2.42. The van der Waals surface area contributed by atoms with E-state index in [9.17, 15) is 5.11 Å². The average Bonchev–Trinajstić information content (AvgIpc) is 2.98. The molecule has 0 amide bonds. The van der Waals surface area contributed by atoms with Gasteiger partial charge in [-0.05, 0) is 57.5 Å². The first-order valence-electron chi connectivity index (χ1n) is 8.88. The van der Waals surface area contributed by atoms with Gasteiger partial charge in [-0.25, -0.2) is 4.68 Å². The molecule has 1 aromatic heterocycles. The number of phenolic OH excluding ortho intramolecular Hbond substituents is 1. The lowest BCUT2D eigenvalue weighted by Gasteiger charge is -2.31. The minimum absolute atomic E-state index is 0.149. The Morgan fingerprint density at radius 1 is 1.15 bits per heavy atom. The topological polar surface area (TPSA) is 59.3 Å². The van der Waals surface area contributed by atoms with E-state index in [-0.39, 0.29) is 11.9 Å². The predicted molar refractivity (Wildman–Crippen MR) is 103 cm³/mol. The highest BCUT2D eigenvalue weighted by atomic mass is 16.5. The van der Waals surface area contributed by atoms with Crippen molar-refractivity contribution in [2.24, 2.45) is 0 Å². The third-order valence-electron chi connectivity index (χ3n) is 4.74. The second-order valence-corrected chi connectivity index (χ2v) is 6.83. The SMILES string of the molecule is CCOc1cc(C2Nc3c(C)cc(C)cc3-c3cc(C)nn32)ccc1O. The number of nitrogens with zero attached hydrogens (tertiary/aromatic N) is 2. The minimum Gasteiger partial charge on any atom is -0.504 e. The van der Waals surface area contributed by atoms with Crippen molar-refractivity contribution in [3.05, 3.63) is 58.8 Å². The third-order valence-corrected chi connectivity index (χ3v) is 4.74. The van der Waals surface area contributed by atoms with Gasteiger partial charge in [0.05, 0.1) is 18.0 Å². The lowest BCUT2D eigenvalue weighted by Crippen LogP contribution is -2.26. The summed E-state index contributed by atoms with van der Waals surface area (Å²) in [7, 11) is 0. The normalized spacial score (nSPS) is 15.2. The molecule has 1 atom stereocenters. The first kappa shape index (κ1) is 16.5. The molecule has 26 heavy (non-hydrogen) atoms. The van der Waals surface area contributed by atoms with Gasteiger partial charge in [0.2, 0.25) is 0 Å². The summed E-state index contributed by atoms with van der Waals surface area (Å²) in [5.74, 6) is 0.638. The van der Waals surface area contributed by atoms with Gasteiger partial charge in [0.15, 0.2) is 11.5 Å². The van der Waals surface area contributed by atoms with Gasteiger partial charge in [-0.15, -0.1) is 0 Å². The van der Waals surface area contributed by atoms with Crippen molar-refractivity contribution in [2.45, 2.75) is 33.9 Å². The van der Waals surface area contributed by atoms with Gasteiger partial charge in [0, 0.05) is 16.8 Å². The van der Waals surface area contributed by atoms with Crippen LogP contribution in [-0.2, 0) is 0 Å². The minimum atomic E-state index is -0.160. The molecule has 0 bridgehead atoms. The van der Waals surface area contributed by atoms with E-state index in [1.54, 1.807) is 6.07 Å². The molecule has 0 saturated carbocycles. The lowest BCUT2D eigenvalue weighted by atomic mass is 9.98. The summed E-state index contributed by atoms with van der Waals surface area (Å²) in [6.45, 7) is 8.65. The summed E-state index contributed by atoms with van der Waals surface area (Å²) in [6.07, 6.45) is -0.160. The maximum atomic E-state index is 10.0. The molecule has 2 N–H and O–H groups in total. The number of nitrogens with one attached hydrogen (secondary N) is 1. The zero-order chi connectivity index (χ0) is 18.4. The summed E-state index contributed by atoms with van der Waals surface area (Å²) in [4.78, 5) is 0. The number of aryl methyl sites for hydroxylation is 3. The number of fused-ring (bicyclic) bond motifs is 3. The van der Waals surface area contributed by atoms with E-state index in [4.69, 9.17) is 9.84 Å². The molecule has 0 fully saturated rings. The van der Waals surface area contributed by atoms with Crippen molar-refractivity contribution in [2.75, 3.05) is 11.9 Å². The predicted octanol–water partition coefficient (Wildman–Crippen LogP) is 4.55. The quantitative estimate of drug-likeness (QED) is 0.728. The lowest BCUT2D eigenvalue weighted by molar-refractivity contribution is 0.317. The fraction of sp³-hybridized carbons (Fsp3) is 0.286. The number of benzene rings is 2. The van der Waals surface area contributed by atoms with Crippen molar-refractivity contribution >= 4 is 5.69 Å². The molecule has 3 aromatic rings. The molecule has 0 spiro atoms. The van der Waals surface area contributed by atoms with Crippen LogP contribution < -0.4 is 10.1 Å². The van der Waals surface area contributed by atoms with Crippen LogP contribution in [-0.4, -0.2) is 21.5 Å². The van der Waals surface area contributed by atoms with Crippen LogP contribution in [0.3, 0.4) is 0 Å². The van der Waals surface area contributed by atoms with Crippen LogP contribution in [0, 0.1) is 20.8 Å². The summed E-state index contributed by atoms with van der Waals surface area (Å²) in [6, 6.07) is 12.0. The molecular formula is C21H23N3O2. The Morgan fingerprint density at radius 3 is 2.73 bits per heavy atom. The third kappa shape index (κ3) is 2.60. The molecule has 0 radical (unpaired) electrons. The smallest absolute Gasteiger partial charge is 0.161 e. The Balaban J connectivity index is 1.88. The van der Waals surface area contributed by atoms with Crippen LogP contribution in [0.4, 0.5) is 5.69 Å². The Bertz CT molecular complexity index is 991. The second kappa shape index (κ2) is 6.09. The molecule has 2 heterocycles. The number of phenols is 1. The zero-order valence-electron chi connectivity index (χ0n) is 15.5. The molecule has 0 saturated heterocycles. The molecule has 1 unspecified atom stereocenters. The van der Waals surface area contributed by atoms with E-state index in [0.717, 1.165) is 22.6 Å². The number of rotatable bonds is 3. The van der Waals surface area contributed by atoms with Gasteiger partial charge in [0.25, 0.3) is 0 Å². The maximum Gasteiger partial charge on any atom is 0.161 e. The highest BCUT2D eigenvalue weighted by molar-refractivity contribution is 5.82. The monoisotopic (exact) mass is 349 g/mol. The van der Waals surface area contributed by atoms with Gasteiger partial charge in [0.1, 0.15) is 6.17 Å². The summed E-state index contributed by atoms with van der Waals surface area (Å²) >= 11 is 0. The Morgan fingerprint density at radius 2 is 1.96 bits per heavy atom. The first-order chi connectivity index (χ1) is 12.5. The van der Waals surface area contributed by atoms with Gasteiger partial charge >= 0.3 is 0 Å². The maximum absolute atomic E-state index is 10.0. The summed E-state index contributed by atoms with van der Waals surface area (Å²) < 4.78 is 7.58. The fourth-order valence-corrected chi connectivity index (χ4v) is 3.67. The van der Waals surface area contributed by atoms with E-state index in [2.05, 4.69) is 37.4 Å². The average molecular weight is 349 g/mol. The molecule has 2 aromatic carbocycles. The zero-order valence-corrected chi connectivity index (χ0v) is 15.5. The number of aromatic hydroxyl groups is 1. The van der Waals surface area contributed by atoms with E-state index in [0.29, 0.717) is 12.4 Å². The number of aromatic nitrogens is 2. The van der Waals surface area contributed by atoms with E-state index in [1.807, 2.05) is 30.7 Å². The molecule has 134 valence electrons. The number of hydrogen-bond donors (Lipinski definition) is 2. The molecule has 1 aliphatic rings. The van der Waals surface area contributed by atoms with Crippen molar-refractivity contribution < 1.29 is 9.84 Å². The van der Waals surface area contributed by atoms with Crippen molar-refractivity contribution in [3.8, 4) is 22.8 Å². The number of ether oxygens (including phenoxy) is 1. The molecule has 5 heteroatoms. The van der Waals surface area contributed by atoms with Crippen LogP contribution in [0.5, 0.6) is 11.5 Å². The van der Waals surface area contributed by atoms with E-state index in [1.165, 1.54) is 16.7 Å². The van der Waals surface area contributed by atoms with Crippen LogP contribution in [0.2, 0.25) is 0 Å². The molecule has 5 nitrogen and oxygen atoms in total. The van der Waals surface area contributed by atoms with Crippen LogP contribution >= 0.6 is 0 Å². The standard InChI is InChI=1S/C21H23N3O2/c1-5-26-19-11-15(6-7-18(19)25)21-22-20-13(3)8-12(2)9-16(20)17-10-14(4)23-24(17)21/h6-11,21-22,25H,5H2,1-4H3. The summed E-state index contributed by atoms with van der Waals surface area (Å²) in [5, 5.41) is 18.4. The van der Waals surface area contributed by atoms with Crippen LogP contribution in [0.1, 0.15) is 35.5 Å². The van der Waals surface area contributed by atoms with Crippen molar-refractivity contribution in [1.82, 2.24) is 9.78 Å². The van der Waals surface area contributed by atoms with Crippen LogP contribution in [0.15, 0.2) is 36.4 Å². The van der Waals surface area contributed by atoms with Crippen LogP contribution in [0.25, 0.3) is 11.3 Å². The molecule has 4 rings (SSSR count). The first-order valence-corrected chi connectivity index (χ1v) is 8.88. The van der Waals surface area contributed by atoms with Gasteiger partial charge in [-0.3, -0.25) is 0 Å². The van der Waals surface area contributed by atoms with Gasteiger partial charge in [-0.1, -0.05) is 17.7 Å². The van der Waals surface area contributed by atoms with E-state index < -0.39 is 0 Å². The Kier molecular flexibility index (Phi) is 3.87. The number of anilines is 1.